The number of carbonyl (C=O) groups excluding carboxylic acids is 3. The van der Waals surface area contributed by atoms with Gasteiger partial charge in [-0.2, -0.15) is 0 Å². The van der Waals surface area contributed by atoms with Crippen LogP contribution < -0.4 is 0 Å². The van der Waals surface area contributed by atoms with E-state index in [1.807, 2.05) is 19.1 Å². The maximum absolute atomic E-state index is 11.9. The van der Waals surface area contributed by atoms with Crippen LogP contribution in [0.25, 0.3) is 0 Å². The number of carbonyl (C=O) groups is 3. The van der Waals surface area contributed by atoms with Crippen LogP contribution in [0.3, 0.4) is 0 Å². The SMILES string of the molecule is COC(=O)C(C(=O)OC)C(=Nc1c(C)cc(C)cc1C)OC(=O)Cl. The Morgan fingerprint density at radius 1 is 1.00 bits per heavy atom. The summed E-state index contributed by atoms with van der Waals surface area (Å²) in [5.41, 5.74) is 1.76. The number of hydrogen-bond donors (Lipinski definition) is 0. The molecule has 130 valence electrons. The van der Waals surface area contributed by atoms with Crippen molar-refractivity contribution in [3.05, 3.63) is 28.8 Å². The Morgan fingerprint density at radius 2 is 1.46 bits per heavy atom. The molecule has 0 N–H and O–H groups in total. The lowest BCUT2D eigenvalue weighted by molar-refractivity contribution is -0.155. The van der Waals surface area contributed by atoms with E-state index in [1.54, 1.807) is 13.8 Å². The number of hydrogen-bond acceptors (Lipinski definition) is 7. The lowest BCUT2D eigenvalue weighted by Gasteiger charge is -2.15. The second kappa shape index (κ2) is 8.44. The maximum Gasteiger partial charge on any atom is 0.410 e. The van der Waals surface area contributed by atoms with Crippen LogP contribution in [0, 0.1) is 26.7 Å². The van der Waals surface area contributed by atoms with Gasteiger partial charge in [0.05, 0.1) is 19.9 Å². The van der Waals surface area contributed by atoms with Crippen molar-refractivity contribution in [3.8, 4) is 0 Å². The Hall–Kier alpha value is -2.41. The molecule has 1 rings (SSSR count). The van der Waals surface area contributed by atoms with Crippen molar-refractivity contribution >= 4 is 40.6 Å². The highest BCUT2D eigenvalue weighted by Crippen LogP contribution is 2.27. The molecule has 8 heteroatoms. The standard InChI is InChI=1S/C16H18ClNO6/c1-8-6-9(2)12(10(3)7-8)18-13(24-16(17)21)11(14(19)22-4)15(20)23-5/h6-7,11H,1-5H3. The number of nitrogens with zero attached hydrogens (tertiary/aromatic N) is 1. The third kappa shape index (κ3) is 4.79. The van der Waals surface area contributed by atoms with E-state index in [1.165, 1.54) is 0 Å². The quantitative estimate of drug-likeness (QED) is 0.206. The fraction of sp³-hybridized carbons (Fsp3) is 0.375. The molecule has 0 aliphatic heterocycles. The smallest absolute Gasteiger partial charge is 0.410 e. The summed E-state index contributed by atoms with van der Waals surface area (Å²) in [6.07, 6.45) is 0. The Kier molecular flexibility index (Phi) is 6.91. The summed E-state index contributed by atoms with van der Waals surface area (Å²) >= 11 is 5.24. The van der Waals surface area contributed by atoms with E-state index in [4.69, 9.17) is 16.3 Å². The molecule has 1 aromatic rings. The van der Waals surface area contributed by atoms with Gasteiger partial charge >= 0.3 is 17.4 Å². The Bertz CT molecular complexity index is 659. The number of ether oxygens (including phenoxy) is 3. The van der Waals surface area contributed by atoms with Gasteiger partial charge in [-0.1, -0.05) is 17.7 Å². The van der Waals surface area contributed by atoms with Gasteiger partial charge in [0.25, 0.3) is 0 Å². The minimum Gasteiger partial charge on any atom is -0.468 e. The van der Waals surface area contributed by atoms with Gasteiger partial charge in [-0.05, 0) is 31.9 Å². The fourth-order valence-electron chi connectivity index (χ4n) is 2.22. The molecule has 24 heavy (non-hydrogen) atoms. The number of rotatable bonds is 4. The van der Waals surface area contributed by atoms with Crippen LogP contribution in [0.4, 0.5) is 10.5 Å². The van der Waals surface area contributed by atoms with E-state index in [-0.39, 0.29) is 0 Å². The van der Waals surface area contributed by atoms with Crippen LogP contribution in [-0.2, 0) is 23.8 Å². The normalized spacial score (nSPS) is 11.2. The van der Waals surface area contributed by atoms with E-state index in [2.05, 4.69) is 14.5 Å². The predicted molar refractivity (Wildman–Crippen MR) is 87.6 cm³/mol. The second-order valence-electron chi connectivity index (χ2n) is 5.02. The molecule has 0 aromatic heterocycles. The topological polar surface area (TPSA) is 91.3 Å². The van der Waals surface area contributed by atoms with Gasteiger partial charge in [-0.15, -0.1) is 0 Å². The van der Waals surface area contributed by atoms with Gasteiger partial charge in [-0.3, -0.25) is 9.59 Å². The van der Waals surface area contributed by atoms with E-state index < -0.39 is 29.2 Å². The fourth-order valence-corrected chi connectivity index (χ4v) is 2.30. The van der Waals surface area contributed by atoms with Crippen molar-refractivity contribution in [2.75, 3.05) is 14.2 Å². The lowest BCUT2D eigenvalue weighted by atomic mass is 10.0. The predicted octanol–water partition coefficient (Wildman–Crippen LogP) is 2.98. The number of esters is 2. The molecule has 0 atom stereocenters. The first-order valence-electron chi connectivity index (χ1n) is 6.90. The third-order valence-electron chi connectivity index (χ3n) is 3.16. The van der Waals surface area contributed by atoms with Crippen molar-refractivity contribution in [1.82, 2.24) is 0 Å². The molecule has 1 aromatic carbocycles. The van der Waals surface area contributed by atoms with Gasteiger partial charge in [0, 0.05) is 11.6 Å². The van der Waals surface area contributed by atoms with Gasteiger partial charge in [0.15, 0.2) is 0 Å². The van der Waals surface area contributed by atoms with Crippen LogP contribution in [0.2, 0.25) is 0 Å². The second-order valence-corrected chi connectivity index (χ2v) is 5.33. The van der Waals surface area contributed by atoms with Crippen LogP contribution in [0.5, 0.6) is 0 Å². The van der Waals surface area contributed by atoms with E-state index >= 15 is 0 Å². The summed E-state index contributed by atoms with van der Waals surface area (Å²) < 4.78 is 13.9. The van der Waals surface area contributed by atoms with E-state index in [9.17, 15) is 14.4 Å². The highest BCUT2D eigenvalue weighted by molar-refractivity contribution is 6.62. The largest absolute Gasteiger partial charge is 0.468 e. The Labute approximate surface area is 144 Å². The molecule has 7 nitrogen and oxygen atoms in total. The summed E-state index contributed by atoms with van der Waals surface area (Å²) in [4.78, 5) is 39.1. The van der Waals surface area contributed by atoms with Crippen molar-refractivity contribution in [3.63, 3.8) is 0 Å². The van der Waals surface area contributed by atoms with E-state index in [0.717, 1.165) is 30.9 Å². The van der Waals surface area contributed by atoms with Crippen LogP contribution >= 0.6 is 11.6 Å². The number of methoxy groups -OCH3 is 2. The van der Waals surface area contributed by atoms with Crippen molar-refractivity contribution < 1.29 is 28.6 Å². The van der Waals surface area contributed by atoms with Gasteiger partial charge < -0.3 is 14.2 Å². The van der Waals surface area contributed by atoms with Crippen LogP contribution in [0.1, 0.15) is 16.7 Å². The molecule has 0 heterocycles. The van der Waals surface area contributed by atoms with Gasteiger partial charge in [-0.25, -0.2) is 9.79 Å². The minimum atomic E-state index is -1.66. The molecule has 0 bridgehead atoms. The molecule has 0 fully saturated rings. The molecule has 0 aliphatic rings. The van der Waals surface area contributed by atoms with Gasteiger partial charge in [0.2, 0.25) is 11.8 Å². The maximum atomic E-state index is 11.9. The highest BCUT2D eigenvalue weighted by Gasteiger charge is 2.37. The highest BCUT2D eigenvalue weighted by atomic mass is 35.5. The molecule has 0 saturated heterocycles. The number of halogens is 1. The first kappa shape index (κ1) is 19.6. The molecule has 0 aliphatic carbocycles. The number of aliphatic imine (C=N–C) groups is 1. The molecule has 0 saturated carbocycles. The number of aryl methyl sites for hydroxylation is 3. The van der Waals surface area contributed by atoms with Crippen molar-refractivity contribution in [1.29, 1.82) is 0 Å². The molecular formula is C16H18ClNO6. The first-order chi connectivity index (χ1) is 11.2. The summed E-state index contributed by atoms with van der Waals surface area (Å²) in [6, 6.07) is 3.72. The van der Waals surface area contributed by atoms with Crippen LogP contribution in [-0.4, -0.2) is 37.5 Å². The zero-order chi connectivity index (χ0) is 18.4. The minimum absolute atomic E-state index is 0.450. The molecule has 0 spiro atoms. The third-order valence-corrected chi connectivity index (χ3v) is 3.24. The van der Waals surface area contributed by atoms with Crippen molar-refractivity contribution in [2.24, 2.45) is 10.9 Å². The lowest BCUT2D eigenvalue weighted by Crippen LogP contribution is -2.35. The Balaban J connectivity index is 3.52. The Morgan fingerprint density at radius 3 is 1.83 bits per heavy atom. The zero-order valence-electron chi connectivity index (χ0n) is 14.0. The molecule has 0 unspecified atom stereocenters. The van der Waals surface area contributed by atoms with Crippen LogP contribution in [0.15, 0.2) is 17.1 Å². The number of benzene rings is 1. The first-order valence-corrected chi connectivity index (χ1v) is 7.28. The molecular weight excluding hydrogens is 338 g/mol. The van der Waals surface area contributed by atoms with E-state index in [0.29, 0.717) is 5.69 Å². The van der Waals surface area contributed by atoms with Gasteiger partial charge in [0.1, 0.15) is 0 Å². The zero-order valence-corrected chi connectivity index (χ0v) is 14.8. The summed E-state index contributed by atoms with van der Waals surface area (Å²) in [6.45, 7) is 5.51. The summed E-state index contributed by atoms with van der Waals surface area (Å²) in [5.74, 6) is -4.14. The monoisotopic (exact) mass is 355 g/mol. The molecule has 0 amide bonds. The van der Waals surface area contributed by atoms with Crippen molar-refractivity contribution in [2.45, 2.75) is 20.8 Å². The summed E-state index contributed by atoms with van der Waals surface area (Å²) in [7, 11) is 2.17. The average molecular weight is 356 g/mol. The average Bonchev–Trinajstić information content (AvgIpc) is 2.49. The molecule has 0 radical (unpaired) electrons. The summed E-state index contributed by atoms with van der Waals surface area (Å²) in [5, 5.41) is 0.